The van der Waals surface area contributed by atoms with Crippen molar-refractivity contribution >= 4 is 28.6 Å². The molecule has 3 rings (SSSR count). The van der Waals surface area contributed by atoms with Crippen LogP contribution in [0.5, 0.6) is 0 Å². The van der Waals surface area contributed by atoms with Gasteiger partial charge in [-0.1, -0.05) is 30.8 Å². The SMILES string of the molecule is CCCn1c(C)c(C)c2nc(SC)nc(NCc3ccc(F)cc3)c21. The molecule has 2 heterocycles. The maximum Gasteiger partial charge on any atom is 0.189 e. The van der Waals surface area contributed by atoms with Crippen LogP contribution in [0, 0.1) is 19.7 Å². The molecule has 25 heavy (non-hydrogen) atoms. The van der Waals surface area contributed by atoms with Crippen molar-refractivity contribution in [2.75, 3.05) is 11.6 Å². The minimum Gasteiger partial charge on any atom is -0.364 e. The number of fused-ring (bicyclic) bond motifs is 1. The van der Waals surface area contributed by atoms with Crippen LogP contribution in [0.1, 0.15) is 30.2 Å². The van der Waals surface area contributed by atoms with Crippen LogP contribution in [0.4, 0.5) is 10.2 Å². The molecule has 2 aromatic heterocycles. The summed E-state index contributed by atoms with van der Waals surface area (Å²) in [5, 5.41) is 4.19. The molecule has 132 valence electrons. The highest BCUT2D eigenvalue weighted by Crippen LogP contribution is 2.31. The number of aryl methyl sites for hydroxylation is 2. The molecule has 0 atom stereocenters. The molecular formula is C19H23FN4S. The lowest BCUT2D eigenvalue weighted by Crippen LogP contribution is -2.07. The molecule has 0 aliphatic rings. The highest BCUT2D eigenvalue weighted by molar-refractivity contribution is 7.98. The smallest absolute Gasteiger partial charge is 0.189 e. The molecule has 0 spiro atoms. The Hall–Kier alpha value is -2.08. The van der Waals surface area contributed by atoms with Crippen molar-refractivity contribution in [3.05, 3.63) is 46.9 Å². The second-order valence-corrected chi connectivity index (χ2v) is 6.87. The van der Waals surface area contributed by atoms with E-state index in [1.54, 1.807) is 12.1 Å². The van der Waals surface area contributed by atoms with Crippen LogP contribution in [0.25, 0.3) is 11.0 Å². The second kappa shape index (κ2) is 7.44. The Morgan fingerprint density at radius 2 is 1.88 bits per heavy atom. The first-order chi connectivity index (χ1) is 12.0. The van der Waals surface area contributed by atoms with Gasteiger partial charge in [-0.2, -0.15) is 0 Å². The Kier molecular flexibility index (Phi) is 5.27. The lowest BCUT2D eigenvalue weighted by Gasteiger charge is -2.12. The average Bonchev–Trinajstić information content (AvgIpc) is 2.86. The lowest BCUT2D eigenvalue weighted by molar-refractivity contribution is 0.627. The third-order valence-corrected chi connectivity index (χ3v) is 4.99. The predicted molar refractivity (Wildman–Crippen MR) is 103 cm³/mol. The molecule has 1 aromatic carbocycles. The van der Waals surface area contributed by atoms with E-state index in [1.807, 2.05) is 6.26 Å². The Labute approximate surface area is 151 Å². The zero-order valence-corrected chi connectivity index (χ0v) is 15.9. The summed E-state index contributed by atoms with van der Waals surface area (Å²) in [5.74, 6) is 0.615. The number of hydrogen-bond donors (Lipinski definition) is 1. The van der Waals surface area contributed by atoms with E-state index in [0.717, 1.165) is 40.5 Å². The van der Waals surface area contributed by atoms with Gasteiger partial charge in [0.15, 0.2) is 11.0 Å². The topological polar surface area (TPSA) is 42.7 Å². The van der Waals surface area contributed by atoms with E-state index in [2.05, 4.69) is 30.7 Å². The molecule has 0 aliphatic carbocycles. The van der Waals surface area contributed by atoms with Crippen LogP contribution in [0.3, 0.4) is 0 Å². The minimum atomic E-state index is -0.221. The van der Waals surface area contributed by atoms with Crippen LogP contribution in [-0.4, -0.2) is 20.8 Å². The van der Waals surface area contributed by atoms with Crippen LogP contribution in [-0.2, 0) is 13.1 Å². The number of rotatable bonds is 6. The largest absolute Gasteiger partial charge is 0.364 e. The first-order valence-corrected chi connectivity index (χ1v) is 9.67. The van der Waals surface area contributed by atoms with E-state index in [4.69, 9.17) is 9.97 Å². The molecule has 0 saturated heterocycles. The number of aromatic nitrogens is 3. The molecule has 0 unspecified atom stereocenters. The Bertz CT molecular complexity index is 887. The van der Waals surface area contributed by atoms with Crippen LogP contribution in [0.15, 0.2) is 29.4 Å². The van der Waals surface area contributed by atoms with Gasteiger partial charge in [-0.25, -0.2) is 14.4 Å². The zero-order valence-electron chi connectivity index (χ0n) is 15.1. The highest BCUT2D eigenvalue weighted by Gasteiger charge is 2.18. The standard InChI is InChI=1S/C19H23FN4S/c1-5-10-24-13(3)12(2)16-17(24)18(23-19(22-16)25-4)21-11-14-6-8-15(20)9-7-14/h6-9H,5,10-11H2,1-4H3,(H,21,22,23). The van der Waals surface area contributed by atoms with Crippen molar-refractivity contribution < 1.29 is 4.39 Å². The minimum absolute atomic E-state index is 0.221. The molecule has 1 N–H and O–H groups in total. The number of thioether (sulfide) groups is 1. The van der Waals surface area contributed by atoms with E-state index in [9.17, 15) is 4.39 Å². The van der Waals surface area contributed by atoms with Gasteiger partial charge in [0.1, 0.15) is 11.3 Å². The molecular weight excluding hydrogens is 335 g/mol. The molecule has 0 fully saturated rings. The van der Waals surface area contributed by atoms with Crippen molar-refractivity contribution in [2.24, 2.45) is 0 Å². The number of nitrogens with one attached hydrogen (secondary N) is 1. The lowest BCUT2D eigenvalue weighted by atomic mass is 10.2. The molecule has 3 aromatic rings. The molecule has 0 aliphatic heterocycles. The van der Waals surface area contributed by atoms with Crippen molar-refractivity contribution in [1.82, 2.24) is 14.5 Å². The van der Waals surface area contributed by atoms with Gasteiger partial charge in [0.25, 0.3) is 0 Å². The third kappa shape index (κ3) is 3.49. The summed E-state index contributed by atoms with van der Waals surface area (Å²) in [4.78, 5) is 9.42. The van der Waals surface area contributed by atoms with Gasteiger partial charge in [0.2, 0.25) is 0 Å². The fourth-order valence-electron chi connectivity index (χ4n) is 3.00. The molecule has 4 nitrogen and oxygen atoms in total. The number of anilines is 1. The molecule has 0 bridgehead atoms. The second-order valence-electron chi connectivity index (χ2n) is 6.10. The van der Waals surface area contributed by atoms with Crippen LogP contribution < -0.4 is 5.32 Å². The van der Waals surface area contributed by atoms with Crippen molar-refractivity contribution in [3.8, 4) is 0 Å². The summed E-state index contributed by atoms with van der Waals surface area (Å²) in [7, 11) is 0. The van der Waals surface area contributed by atoms with E-state index < -0.39 is 0 Å². The van der Waals surface area contributed by atoms with Crippen LogP contribution >= 0.6 is 11.8 Å². The van der Waals surface area contributed by atoms with Gasteiger partial charge < -0.3 is 9.88 Å². The highest BCUT2D eigenvalue weighted by atomic mass is 32.2. The molecule has 6 heteroatoms. The number of benzene rings is 1. The Morgan fingerprint density at radius 1 is 1.16 bits per heavy atom. The van der Waals surface area contributed by atoms with Gasteiger partial charge in [0.05, 0.1) is 5.52 Å². The molecule has 0 saturated carbocycles. The number of halogens is 1. The van der Waals surface area contributed by atoms with Gasteiger partial charge in [-0.05, 0) is 49.8 Å². The van der Waals surface area contributed by atoms with Crippen molar-refractivity contribution in [2.45, 2.75) is 45.4 Å². The molecule has 0 amide bonds. The maximum absolute atomic E-state index is 13.1. The fraction of sp³-hybridized carbons (Fsp3) is 0.368. The third-order valence-electron chi connectivity index (χ3n) is 4.44. The van der Waals surface area contributed by atoms with E-state index in [0.29, 0.717) is 6.54 Å². The van der Waals surface area contributed by atoms with Gasteiger partial charge in [0, 0.05) is 18.8 Å². The summed E-state index contributed by atoms with van der Waals surface area (Å²) in [5.41, 5.74) is 5.50. The van der Waals surface area contributed by atoms with Crippen molar-refractivity contribution in [1.29, 1.82) is 0 Å². The number of nitrogens with zero attached hydrogens (tertiary/aromatic N) is 3. The first-order valence-electron chi connectivity index (χ1n) is 8.44. The fourth-order valence-corrected chi connectivity index (χ4v) is 3.36. The predicted octanol–water partition coefficient (Wildman–Crippen LogP) is 4.93. The normalized spacial score (nSPS) is 11.2. The molecule has 0 radical (unpaired) electrons. The van der Waals surface area contributed by atoms with Gasteiger partial charge in [-0.3, -0.25) is 0 Å². The van der Waals surface area contributed by atoms with Crippen LogP contribution in [0.2, 0.25) is 0 Å². The maximum atomic E-state index is 13.1. The average molecular weight is 358 g/mol. The summed E-state index contributed by atoms with van der Waals surface area (Å²) >= 11 is 1.54. The Morgan fingerprint density at radius 3 is 2.52 bits per heavy atom. The quantitative estimate of drug-likeness (QED) is 0.501. The first kappa shape index (κ1) is 17.7. The Balaban J connectivity index is 2.05. The van der Waals surface area contributed by atoms with E-state index in [1.165, 1.54) is 35.2 Å². The summed E-state index contributed by atoms with van der Waals surface area (Å²) in [6.07, 6.45) is 3.03. The van der Waals surface area contributed by atoms with E-state index >= 15 is 0 Å². The summed E-state index contributed by atoms with van der Waals surface area (Å²) in [6.45, 7) is 7.95. The monoisotopic (exact) mass is 358 g/mol. The van der Waals surface area contributed by atoms with Crippen molar-refractivity contribution in [3.63, 3.8) is 0 Å². The van der Waals surface area contributed by atoms with Gasteiger partial charge in [-0.15, -0.1) is 0 Å². The zero-order chi connectivity index (χ0) is 18.0. The van der Waals surface area contributed by atoms with E-state index in [-0.39, 0.29) is 5.82 Å². The summed E-state index contributed by atoms with van der Waals surface area (Å²) in [6, 6.07) is 6.54. The summed E-state index contributed by atoms with van der Waals surface area (Å²) < 4.78 is 15.4. The van der Waals surface area contributed by atoms with Gasteiger partial charge >= 0.3 is 0 Å². The number of hydrogen-bond acceptors (Lipinski definition) is 4.